The maximum atomic E-state index is 11.5. The lowest BCUT2D eigenvalue weighted by molar-refractivity contribution is -0.121. The quantitative estimate of drug-likeness (QED) is 0.905. The average Bonchev–Trinajstić information content (AvgIpc) is 2.39. The van der Waals surface area contributed by atoms with Gasteiger partial charge in [0.2, 0.25) is 5.91 Å². The van der Waals surface area contributed by atoms with Crippen molar-refractivity contribution in [2.24, 2.45) is 11.7 Å². The second-order valence-corrected chi connectivity index (χ2v) is 5.90. The second kappa shape index (κ2) is 5.74. The minimum absolute atomic E-state index is 0.152. The lowest BCUT2D eigenvalue weighted by atomic mass is 9.68. The van der Waals surface area contributed by atoms with Gasteiger partial charge in [-0.15, -0.1) is 0 Å². The fraction of sp³-hybridized carbons (Fsp3) is 0.562. The van der Waals surface area contributed by atoms with E-state index in [1.54, 1.807) is 0 Å². The molecule has 2 atom stereocenters. The number of carbonyl (C=O) groups excluding carboxylic acids is 1. The summed E-state index contributed by atoms with van der Waals surface area (Å²) in [7, 11) is 0. The average molecular weight is 261 g/mol. The second-order valence-electron chi connectivity index (χ2n) is 5.90. The largest absolute Gasteiger partial charge is 0.378 e. The van der Waals surface area contributed by atoms with Crippen LogP contribution in [0.2, 0.25) is 0 Å². The number of primary amides is 1. The number of hydrogen-bond donors (Lipinski definition) is 1. The van der Waals surface area contributed by atoms with Crippen molar-refractivity contribution < 1.29 is 9.53 Å². The molecule has 1 saturated heterocycles. The van der Waals surface area contributed by atoms with E-state index < -0.39 is 0 Å². The van der Waals surface area contributed by atoms with E-state index in [9.17, 15) is 4.79 Å². The number of carbonyl (C=O) groups is 1. The smallest absolute Gasteiger partial charge is 0.218 e. The van der Waals surface area contributed by atoms with Crippen molar-refractivity contribution in [2.45, 2.75) is 44.6 Å². The van der Waals surface area contributed by atoms with Crippen molar-refractivity contribution in [3.63, 3.8) is 0 Å². The summed E-state index contributed by atoms with van der Waals surface area (Å²) in [5.74, 6) is 0.226. The van der Waals surface area contributed by atoms with Gasteiger partial charge in [0, 0.05) is 18.4 Å². The molecule has 0 spiro atoms. The first-order valence-corrected chi connectivity index (χ1v) is 6.99. The summed E-state index contributed by atoms with van der Waals surface area (Å²) in [4.78, 5) is 11.5. The fourth-order valence-electron chi connectivity index (χ4n) is 3.03. The molecule has 0 aromatic heterocycles. The van der Waals surface area contributed by atoms with Crippen LogP contribution in [0.15, 0.2) is 30.3 Å². The van der Waals surface area contributed by atoms with Gasteiger partial charge in [0.25, 0.3) is 0 Å². The molecule has 1 aromatic rings. The normalized spacial score (nSPS) is 27.4. The summed E-state index contributed by atoms with van der Waals surface area (Å²) in [6, 6.07) is 10.3. The highest BCUT2D eigenvalue weighted by atomic mass is 16.5. The highest BCUT2D eigenvalue weighted by Gasteiger charge is 2.40. The van der Waals surface area contributed by atoms with Crippen LogP contribution in [-0.2, 0) is 14.9 Å². The number of rotatable bonds is 4. The summed E-state index contributed by atoms with van der Waals surface area (Å²) >= 11 is 0. The molecule has 1 aliphatic rings. The lowest BCUT2D eigenvalue weighted by Crippen LogP contribution is -2.43. The summed E-state index contributed by atoms with van der Waals surface area (Å²) in [5, 5.41) is 0. The van der Waals surface area contributed by atoms with Crippen LogP contribution in [0.25, 0.3) is 0 Å². The molecule has 2 N–H and O–H groups in total. The van der Waals surface area contributed by atoms with Crippen LogP contribution in [0.3, 0.4) is 0 Å². The number of hydrogen-bond acceptors (Lipinski definition) is 2. The standard InChI is InChI=1S/C16H23NO2/c1-12(2)14-10-16(8-9-19-14,11-15(17)18)13-6-4-3-5-7-13/h3-7,12,14H,8-11H2,1-2H3,(H2,17,18)/t14-,16+/m1/s1. The molecule has 0 unspecified atom stereocenters. The van der Waals surface area contributed by atoms with Gasteiger partial charge in [-0.3, -0.25) is 4.79 Å². The Hall–Kier alpha value is -1.35. The molecule has 19 heavy (non-hydrogen) atoms. The minimum Gasteiger partial charge on any atom is -0.378 e. The van der Waals surface area contributed by atoms with Gasteiger partial charge in [0.15, 0.2) is 0 Å². The van der Waals surface area contributed by atoms with Gasteiger partial charge in [-0.2, -0.15) is 0 Å². The number of ether oxygens (including phenoxy) is 1. The highest BCUT2D eigenvalue weighted by molar-refractivity contribution is 5.75. The van der Waals surface area contributed by atoms with Gasteiger partial charge in [-0.25, -0.2) is 0 Å². The van der Waals surface area contributed by atoms with E-state index in [1.807, 2.05) is 18.2 Å². The van der Waals surface area contributed by atoms with Gasteiger partial charge < -0.3 is 10.5 Å². The molecule has 1 aliphatic heterocycles. The number of benzene rings is 1. The molecule has 3 heteroatoms. The Morgan fingerprint density at radius 2 is 2.11 bits per heavy atom. The van der Waals surface area contributed by atoms with E-state index in [-0.39, 0.29) is 17.4 Å². The molecule has 104 valence electrons. The van der Waals surface area contributed by atoms with E-state index in [1.165, 1.54) is 5.56 Å². The molecule has 0 bridgehead atoms. The molecule has 0 aliphatic carbocycles. The SMILES string of the molecule is CC(C)[C@H]1C[C@@](CC(N)=O)(c2ccccc2)CCO1. The molecule has 3 nitrogen and oxygen atoms in total. The van der Waals surface area contributed by atoms with Crippen LogP contribution in [0.1, 0.15) is 38.7 Å². The first-order valence-electron chi connectivity index (χ1n) is 6.99. The first kappa shape index (κ1) is 14.1. The Morgan fingerprint density at radius 1 is 1.42 bits per heavy atom. The first-order chi connectivity index (χ1) is 9.03. The van der Waals surface area contributed by atoms with E-state index in [2.05, 4.69) is 26.0 Å². The Bertz CT molecular complexity index is 430. The third-order valence-corrected chi connectivity index (χ3v) is 4.15. The molecule has 1 fully saturated rings. The van der Waals surface area contributed by atoms with Gasteiger partial charge in [0.05, 0.1) is 6.10 Å². The van der Waals surface area contributed by atoms with Crippen molar-refractivity contribution in [2.75, 3.05) is 6.61 Å². The zero-order chi connectivity index (χ0) is 13.9. The van der Waals surface area contributed by atoms with E-state index in [0.717, 1.165) is 12.8 Å². The third-order valence-electron chi connectivity index (χ3n) is 4.15. The van der Waals surface area contributed by atoms with Crippen LogP contribution in [0.4, 0.5) is 0 Å². The van der Waals surface area contributed by atoms with Gasteiger partial charge in [-0.05, 0) is 24.3 Å². The van der Waals surface area contributed by atoms with Crippen LogP contribution in [0.5, 0.6) is 0 Å². The van der Waals surface area contributed by atoms with E-state index >= 15 is 0 Å². The van der Waals surface area contributed by atoms with Gasteiger partial charge in [-0.1, -0.05) is 44.2 Å². The molecule has 0 saturated carbocycles. The predicted octanol–water partition coefficient (Wildman–Crippen LogP) is 2.63. The Morgan fingerprint density at radius 3 is 2.68 bits per heavy atom. The summed E-state index contributed by atoms with van der Waals surface area (Å²) in [5.41, 5.74) is 6.55. The monoisotopic (exact) mass is 261 g/mol. The van der Waals surface area contributed by atoms with Crippen molar-refractivity contribution in [1.82, 2.24) is 0 Å². The molecular formula is C16H23NO2. The lowest BCUT2D eigenvalue weighted by Gasteiger charge is -2.42. The third kappa shape index (κ3) is 3.16. The van der Waals surface area contributed by atoms with Crippen molar-refractivity contribution >= 4 is 5.91 Å². The fourth-order valence-corrected chi connectivity index (χ4v) is 3.03. The van der Waals surface area contributed by atoms with E-state index in [0.29, 0.717) is 18.9 Å². The van der Waals surface area contributed by atoms with E-state index in [4.69, 9.17) is 10.5 Å². The number of nitrogens with two attached hydrogens (primary N) is 1. The van der Waals surface area contributed by atoms with Crippen LogP contribution in [0, 0.1) is 5.92 Å². The Labute approximate surface area is 115 Å². The molecule has 1 amide bonds. The molecule has 1 heterocycles. The topological polar surface area (TPSA) is 52.3 Å². The molecule has 2 rings (SSSR count). The van der Waals surface area contributed by atoms with Crippen molar-refractivity contribution in [1.29, 1.82) is 0 Å². The number of amides is 1. The Balaban J connectivity index is 2.32. The summed E-state index contributed by atoms with van der Waals surface area (Å²) in [6.45, 7) is 5.02. The zero-order valence-electron chi connectivity index (χ0n) is 11.8. The molecule has 0 radical (unpaired) electrons. The minimum atomic E-state index is -0.228. The van der Waals surface area contributed by atoms with Crippen molar-refractivity contribution in [3.05, 3.63) is 35.9 Å². The van der Waals surface area contributed by atoms with Crippen LogP contribution in [-0.4, -0.2) is 18.6 Å². The van der Waals surface area contributed by atoms with Gasteiger partial charge >= 0.3 is 0 Å². The maximum absolute atomic E-state index is 11.5. The Kier molecular flexibility index (Phi) is 4.25. The summed E-state index contributed by atoms with van der Waals surface area (Å²) < 4.78 is 5.85. The molecular weight excluding hydrogens is 238 g/mol. The predicted molar refractivity (Wildman–Crippen MR) is 75.7 cm³/mol. The van der Waals surface area contributed by atoms with Crippen LogP contribution < -0.4 is 5.73 Å². The van der Waals surface area contributed by atoms with Crippen LogP contribution >= 0.6 is 0 Å². The van der Waals surface area contributed by atoms with Crippen molar-refractivity contribution in [3.8, 4) is 0 Å². The van der Waals surface area contributed by atoms with Gasteiger partial charge in [0.1, 0.15) is 0 Å². The maximum Gasteiger partial charge on any atom is 0.218 e. The molecule has 1 aromatic carbocycles. The zero-order valence-corrected chi connectivity index (χ0v) is 11.8. The summed E-state index contributed by atoms with van der Waals surface area (Å²) in [6.07, 6.45) is 2.35. The highest BCUT2D eigenvalue weighted by Crippen LogP contribution is 2.41.